The van der Waals surface area contributed by atoms with Crippen LogP contribution < -0.4 is 5.32 Å². The molecule has 0 saturated carbocycles. The number of carbonyl (C=O) groups excluding carboxylic acids is 2. The summed E-state index contributed by atoms with van der Waals surface area (Å²) in [4.78, 5) is 27.3. The molecule has 8 nitrogen and oxygen atoms in total. The third kappa shape index (κ3) is 5.74. The molecule has 0 spiro atoms. The molecular formula is C24H24ClN3O5S2. The van der Waals surface area contributed by atoms with Crippen molar-refractivity contribution in [3.63, 3.8) is 0 Å². The van der Waals surface area contributed by atoms with Crippen LogP contribution in [-0.4, -0.2) is 69.3 Å². The van der Waals surface area contributed by atoms with Gasteiger partial charge in [0.1, 0.15) is 10.6 Å². The highest BCUT2D eigenvalue weighted by Crippen LogP contribution is 2.36. The quantitative estimate of drug-likeness (QED) is 0.464. The maximum atomic E-state index is 12.9. The Labute approximate surface area is 213 Å². The van der Waals surface area contributed by atoms with Crippen LogP contribution in [0.25, 0.3) is 11.1 Å². The van der Waals surface area contributed by atoms with Gasteiger partial charge in [-0.2, -0.15) is 4.31 Å². The van der Waals surface area contributed by atoms with Gasteiger partial charge in [0.25, 0.3) is 0 Å². The second-order valence-electron chi connectivity index (χ2n) is 7.89. The number of thiophene rings is 1. The zero-order valence-corrected chi connectivity index (χ0v) is 21.3. The Hall–Kier alpha value is -2.76. The Balaban J connectivity index is 1.39. The van der Waals surface area contributed by atoms with Gasteiger partial charge in [-0.1, -0.05) is 41.9 Å². The van der Waals surface area contributed by atoms with Crippen LogP contribution in [0.1, 0.15) is 10.4 Å². The lowest BCUT2D eigenvalue weighted by Crippen LogP contribution is -2.50. The molecule has 1 fully saturated rings. The highest BCUT2D eigenvalue weighted by Gasteiger charge is 2.29. The maximum Gasteiger partial charge on any atom is 0.341 e. The number of piperazine rings is 1. The van der Waals surface area contributed by atoms with E-state index < -0.39 is 16.0 Å². The molecule has 0 radical (unpaired) electrons. The number of hydrogen-bond donors (Lipinski definition) is 1. The minimum Gasteiger partial charge on any atom is -0.465 e. The summed E-state index contributed by atoms with van der Waals surface area (Å²) >= 11 is 7.12. The lowest BCUT2D eigenvalue weighted by Gasteiger charge is -2.33. The number of sulfonamides is 1. The van der Waals surface area contributed by atoms with Crippen LogP contribution in [0.2, 0.25) is 5.02 Å². The summed E-state index contributed by atoms with van der Waals surface area (Å²) in [5, 5.41) is 5.54. The summed E-state index contributed by atoms with van der Waals surface area (Å²) in [6.07, 6.45) is 0. The number of esters is 1. The number of carbonyl (C=O) groups is 2. The number of nitrogens with one attached hydrogen (secondary N) is 1. The minimum absolute atomic E-state index is 0.0774. The molecule has 2 heterocycles. The Morgan fingerprint density at radius 2 is 1.69 bits per heavy atom. The molecule has 0 bridgehead atoms. The smallest absolute Gasteiger partial charge is 0.341 e. The molecule has 0 unspecified atom stereocenters. The summed E-state index contributed by atoms with van der Waals surface area (Å²) in [6, 6.07) is 15.5. The summed E-state index contributed by atoms with van der Waals surface area (Å²) in [5.41, 5.74) is 1.86. The van der Waals surface area contributed by atoms with Gasteiger partial charge in [0, 0.05) is 42.1 Å². The zero-order chi connectivity index (χ0) is 25.0. The average Bonchev–Trinajstić information content (AvgIpc) is 3.28. The van der Waals surface area contributed by atoms with E-state index in [1.165, 1.54) is 34.9 Å². The molecule has 1 amide bonds. The van der Waals surface area contributed by atoms with Crippen molar-refractivity contribution in [3.8, 4) is 11.1 Å². The third-order valence-corrected chi connectivity index (χ3v) is 8.73. The summed E-state index contributed by atoms with van der Waals surface area (Å²) in [5.74, 6) is -0.813. The highest BCUT2D eigenvalue weighted by atomic mass is 35.5. The summed E-state index contributed by atoms with van der Waals surface area (Å²) in [7, 11) is -2.32. The first kappa shape index (κ1) is 25.3. The van der Waals surface area contributed by atoms with Gasteiger partial charge in [-0.05, 0) is 29.8 Å². The first-order valence-electron chi connectivity index (χ1n) is 10.8. The normalized spacial score (nSPS) is 15.0. The monoisotopic (exact) mass is 533 g/mol. The molecule has 2 aromatic carbocycles. The standard InChI is InChI=1S/C24H24ClN3O5S2/c1-33-24(30)22-20(17-5-3-2-4-6-17)16-34-23(22)26-21(29)15-27-11-13-28(14-12-27)35(31,32)19-9-7-18(25)8-10-19/h2-10,16H,11-15H2,1H3,(H,26,29). The van der Waals surface area contributed by atoms with Crippen LogP contribution in [0.5, 0.6) is 0 Å². The Morgan fingerprint density at radius 3 is 2.31 bits per heavy atom. The second-order valence-corrected chi connectivity index (χ2v) is 11.1. The number of methoxy groups -OCH3 is 1. The van der Waals surface area contributed by atoms with Gasteiger partial charge < -0.3 is 10.1 Å². The van der Waals surface area contributed by atoms with Crippen LogP contribution in [0.4, 0.5) is 5.00 Å². The Bertz CT molecular complexity index is 1300. The predicted molar refractivity (Wildman–Crippen MR) is 136 cm³/mol. The number of rotatable bonds is 7. The first-order chi connectivity index (χ1) is 16.8. The molecule has 1 N–H and O–H groups in total. The van der Waals surface area contributed by atoms with Crippen molar-refractivity contribution >= 4 is 49.8 Å². The van der Waals surface area contributed by atoms with Crippen molar-refractivity contribution in [2.24, 2.45) is 0 Å². The van der Waals surface area contributed by atoms with E-state index in [1.54, 1.807) is 12.1 Å². The van der Waals surface area contributed by atoms with Crippen LogP contribution in [0.3, 0.4) is 0 Å². The van der Waals surface area contributed by atoms with Gasteiger partial charge >= 0.3 is 5.97 Å². The predicted octanol–water partition coefficient (Wildman–Crippen LogP) is 3.80. The average molecular weight is 534 g/mol. The molecule has 184 valence electrons. The van der Waals surface area contributed by atoms with E-state index in [4.69, 9.17) is 16.3 Å². The third-order valence-electron chi connectivity index (χ3n) is 5.67. The van der Waals surface area contributed by atoms with Gasteiger partial charge in [0.05, 0.1) is 18.6 Å². The maximum absolute atomic E-state index is 12.9. The van der Waals surface area contributed by atoms with Crippen molar-refractivity contribution in [2.75, 3.05) is 45.2 Å². The van der Waals surface area contributed by atoms with Crippen molar-refractivity contribution in [1.29, 1.82) is 0 Å². The SMILES string of the molecule is COC(=O)c1c(-c2ccccc2)csc1NC(=O)CN1CCN(S(=O)(=O)c2ccc(Cl)cc2)CC1. The number of nitrogens with zero attached hydrogens (tertiary/aromatic N) is 2. The van der Waals surface area contributed by atoms with Crippen LogP contribution in [0, 0.1) is 0 Å². The summed E-state index contributed by atoms with van der Waals surface area (Å²) < 4.78 is 32.1. The van der Waals surface area contributed by atoms with E-state index >= 15 is 0 Å². The fraction of sp³-hybridized carbons (Fsp3) is 0.250. The molecular weight excluding hydrogens is 510 g/mol. The van der Waals surface area contributed by atoms with Gasteiger partial charge in [-0.3, -0.25) is 9.69 Å². The molecule has 4 rings (SSSR count). The van der Waals surface area contributed by atoms with E-state index in [1.807, 2.05) is 40.6 Å². The summed E-state index contributed by atoms with van der Waals surface area (Å²) in [6.45, 7) is 1.42. The lowest BCUT2D eigenvalue weighted by molar-refractivity contribution is -0.117. The number of halogens is 1. The highest BCUT2D eigenvalue weighted by molar-refractivity contribution is 7.89. The first-order valence-corrected chi connectivity index (χ1v) is 13.5. The van der Waals surface area contributed by atoms with Gasteiger partial charge in [-0.15, -0.1) is 11.3 Å². The number of anilines is 1. The molecule has 3 aromatic rings. The van der Waals surface area contributed by atoms with Crippen LogP contribution >= 0.6 is 22.9 Å². The number of benzene rings is 2. The lowest BCUT2D eigenvalue weighted by atomic mass is 10.0. The molecule has 0 aliphatic carbocycles. The number of hydrogen-bond acceptors (Lipinski definition) is 7. The molecule has 11 heteroatoms. The second kappa shape index (κ2) is 10.9. The largest absolute Gasteiger partial charge is 0.465 e. The van der Waals surface area contributed by atoms with Gasteiger partial charge in [0.15, 0.2) is 0 Å². The zero-order valence-electron chi connectivity index (χ0n) is 18.9. The van der Waals surface area contributed by atoms with E-state index in [0.717, 1.165) is 5.56 Å². The molecule has 35 heavy (non-hydrogen) atoms. The van der Waals surface area contributed by atoms with Crippen LogP contribution in [-0.2, 0) is 19.6 Å². The fourth-order valence-electron chi connectivity index (χ4n) is 3.84. The Kier molecular flexibility index (Phi) is 7.88. The topological polar surface area (TPSA) is 96.0 Å². The van der Waals surface area contributed by atoms with Crippen LogP contribution in [0.15, 0.2) is 64.9 Å². The van der Waals surface area contributed by atoms with E-state index in [-0.39, 0.29) is 30.4 Å². The molecule has 1 aromatic heterocycles. The Morgan fingerprint density at radius 1 is 1.03 bits per heavy atom. The molecule has 1 saturated heterocycles. The molecule has 1 aliphatic heterocycles. The molecule has 1 aliphatic rings. The van der Waals surface area contributed by atoms with E-state index in [0.29, 0.717) is 34.2 Å². The van der Waals surface area contributed by atoms with E-state index in [9.17, 15) is 18.0 Å². The number of ether oxygens (including phenoxy) is 1. The minimum atomic E-state index is -3.62. The molecule has 0 atom stereocenters. The van der Waals surface area contributed by atoms with E-state index in [2.05, 4.69) is 5.32 Å². The van der Waals surface area contributed by atoms with Gasteiger partial charge in [0.2, 0.25) is 15.9 Å². The van der Waals surface area contributed by atoms with Crippen molar-refractivity contribution < 1.29 is 22.7 Å². The van der Waals surface area contributed by atoms with Crippen molar-refractivity contribution in [2.45, 2.75) is 4.90 Å². The van der Waals surface area contributed by atoms with Crippen molar-refractivity contribution in [1.82, 2.24) is 9.21 Å². The van der Waals surface area contributed by atoms with Crippen molar-refractivity contribution in [3.05, 3.63) is 70.6 Å². The fourth-order valence-corrected chi connectivity index (χ4v) is 6.36. The van der Waals surface area contributed by atoms with Gasteiger partial charge in [-0.25, -0.2) is 13.2 Å². The number of amides is 1.